The van der Waals surface area contributed by atoms with Crippen LogP contribution < -0.4 is 9.64 Å². The smallest absolute Gasteiger partial charge is 0.259 e. The van der Waals surface area contributed by atoms with Crippen LogP contribution in [0.1, 0.15) is 30.1 Å². The van der Waals surface area contributed by atoms with E-state index in [2.05, 4.69) is 11.9 Å². The van der Waals surface area contributed by atoms with E-state index in [1.807, 2.05) is 71.4 Å². The molecule has 1 saturated heterocycles. The standard InChI is InChI=1S/C25H28N4O2/c1-18-13-15-29(16-14-18)25(30)22-17-26-23(19-9-11-21(31-3)12-10-19)27-24(22)28(2)20-7-5-4-6-8-20/h4-12,17-18H,13-16H2,1-3H3. The van der Waals surface area contributed by atoms with Crippen molar-refractivity contribution in [2.75, 3.05) is 32.1 Å². The molecule has 160 valence electrons. The van der Waals surface area contributed by atoms with Gasteiger partial charge in [0, 0.05) is 37.6 Å². The van der Waals surface area contributed by atoms with Gasteiger partial charge in [0.2, 0.25) is 0 Å². The molecule has 1 aliphatic heterocycles. The molecule has 0 N–H and O–H groups in total. The molecule has 3 aromatic rings. The minimum Gasteiger partial charge on any atom is -0.497 e. The van der Waals surface area contributed by atoms with E-state index in [0.717, 1.165) is 42.9 Å². The summed E-state index contributed by atoms with van der Waals surface area (Å²) in [4.78, 5) is 26.7. The molecule has 0 radical (unpaired) electrons. The first kappa shape index (κ1) is 20.8. The van der Waals surface area contributed by atoms with Crippen LogP contribution in [0.2, 0.25) is 0 Å². The van der Waals surface area contributed by atoms with Gasteiger partial charge >= 0.3 is 0 Å². The number of methoxy groups -OCH3 is 1. The fraction of sp³-hybridized carbons (Fsp3) is 0.320. The lowest BCUT2D eigenvalue weighted by molar-refractivity contribution is 0.0697. The van der Waals surface area contributed by atoms with Crippen molar-refractivity contribution in [3.63, 3.8) is 0 Å². The number of hydrogen-bond donors (Lipinski definition) is 0. The van der Waals surface area contributed by atoms with Gasteiger partial charge in [-0.05, 0) is 55.2 Å². The van der Waals surface area contributed by atoms with Crippen LogP contribution in [0.15, 0.2) is 60.8 Å². The summed E-state index contributed by atoms with van der Waals surface area (Å²) in [6.45, 7) is 3.78. The maximum absolute atomic E-state index is 13.4. The van der Waals surface area contributed by atoms with Gasteiger partial charge in [0.15, 0.2) is 5.82 Å². The summed E-state index contributed by atoms with van der Waals surface area (Å²) in [6, 6.07) is 17.6. The number of nitrogens with zero attached hydrogens (tertiary/aromatic N) is 4. The zero-order chi connectivity index (χ0) is 21.8. The zero-order valence-electron chi connectivity index (χ0n) is 18.3. The largest absolute Gasteiger partial charge is 0.497 e. The molecule has 2 heterocycles. The molecule has 1 fully saturated rings. The van der Waals surface area contributed by atoms with Crippen molar-refractivity contribution in [3.8, 4) is 17.1 Å². The molecule has 0 aliphatic carbocycles. The summed E-state index contributed by atoms with van der Waals surface area (Å²) >= 11 is 0. The summed E-state index contributed by atoms with van der Waals surface area (Å²) < 4.78 is 5.25. The Morgan fingerprint density at radius 2 is 1.74 bits per heavy atom. The molecule has 0 unspecified atom stereocenters. The van der Waals surface area contributed by atoms with Crippen LogP contribution in [0.5, 0.6) is 5.75 Å². The Bertz CT molecular complexity index is 1030. The number of benzene rings is 2. The summed E-state index contributed by atoms with van der Waals surface area (Å²) in [6.07, 6.45) is 3.72. The first-order valence-electron chi connectivity index (χ1n) is 10.7. The maximum atomic E-state index is 13.4. The molecule has 0 atom stereocenters. The fourth-order valence-corrected chi connectivity index (χ4v) is 3.81. The predicted molar refractivity (Wildman–Crippen MR) is 123 cm³/mol. The van der Waals surface area contributed by atoms with Crippen molar-refractivity contribution in [1.29, 1.82) is 0 Å². The molecule has 1 aliphatic rings. The van der Waals surface area contributed by atoms with Crippen LogP contribution in [-0.2, 0) is 0 Å². The van der Waals surface area contributed by atoms with Gasteiger partial charge in [0.1, 0.15) is 17.1 Å². The number of carbonyl (C=O) groups is 1. The molecular weight excluding hydrogens is 388 g/mol. The second kappa shape index (κ2) is 9.16. The van der Waals surface area contributed by atoms with Gasteiger partial charge in [0.25, 0.3) is 5.91 Å². The van der Waals surface area contributed by atoms with Crippen LogP contribution in [0.4, 0.5) is 11.5 Å². The number of para-hydroxylation sites is 1. The van der Waals surface area contributed by atoms with Crippen LogP contribution in [0, 0.1) is 5.92 Å². The van der Waals surface area contributed by atoms with Crippen molar-refractivity contribution in [2.24, 2.45) is 5.92 Å². The lowest BCUT2D eigenvalue weighted by Crippen LogP contribution is -2.38. The number of hydrogen-bond acceptors (Lipinski definition) is 5. The van der Waals surface area contributed by atoms with Gasteiger partial charge < -0.3 is 14.5 Å². The van der Waals surface area contributed by atoms with Gasteiger partial charge in [-0.1, -0.05) is 25.1 Å². The maximum Gasteiger partial charge on any atom is 0.259 e. The molecule has 0 saturated carbocycles. The molecule has 31 heavy (non-hydrogen) atoms. The molecule has 6 heteroatoms. The molecule has 6 nitrogen and oxygen atoms in total. The second-order valence-electron chi connectivity index (χ2n) is 8.03. The SMILES string of the molecule is COc1ccc(-c2ncc(C(=O)N3CCC(C)CC3)c(N(C)c3ccccc3)n2)cc1. The highest BCUT2D eigenvalue weighted by atomic mass is 16.5. The van der Waals surface area contributed by atoms with E-state index in [0.29, 0.717) is 23.1 Å². The van der Waals surface area contributed by atoms with E-state index in [1.54, 1.807) is 13.3 Å². The van der Waals surface area contributed by atoms with E-state index < -0.39 is 0 Å². The third-order valence-corrected chi connectivity index (χ3v) is 5.88. The molecule has 1 amide bonds. The van der Waals surface area contributed by atoms with Crippen molar-refractivity contribution >= 4 is 17.4 Å². The number of amides is 1. The Balaban J connectivity index is 1.73. The highest BCUT2D eigenvalue weighted by Crippen LogP contribution is 2.29. The summed E-state index contributed by atoms with van der Waals surface area (Å²) in [5, 5.41) is 0. The third kappa shape index (κ3) is 4.53. The average Bonchev–Trinajstić information content (AvgIpc) is 2.84. The van der Waals surface area contributed by atoms with Crippen molar-refractivity contribution < 1.29 is 9.53 Å². The minimum absolute atomic E-state index is 0.00837. The zero-order valence-corrected chi connectivity index (χ0v) is 18.3. The predicted octanol–water partition coefficient (Wildman–Crippen LogP) is 4.79. The summed E-state index contributed by atoms with van der Waals surface area (Å²) in [5.74, 6) is 2.60. The Labute approximate surface area is 183 Å². The van der Waals surface area contributed by atoms with Gasteiger partial charge in [-0.25, -0.2) is 9.97 Å². The monoisotopic (exact) mass is 416 g/mol. The molecule has 0 spiro atoms. The van der Waals surface area contributed by atoms with Gasteiger partial charge in [0.05, 0.1) is 7.11 Å². The number of likely N-dealkylation sites (tertiary alicyclic amines) is 1. The first-order chi connectivity index (χ1) is 15.1. The molecule has 0 bridgehead atoms. The lowest BCUT2D eigenvalue weighted by atomic mass is 9.99. The number of carbonyl (C=O) groups excluding carboxylic acids is 1. The van der Waals surface area contributed by atoms with Crippen molar-refractivity contribution in [1.82, 2.24) is 14.9 Å². The third-order valence-electron chi connectivity index (χ3n) is 5.88. The van der Waals surface area contributed by atoms with E-state index in [1.165, 1.54) is 0 Å². The number of piperidine rings is 1. The highest BCUT2D eigenvalue weighted by Gasteiger charge is 2.26. The summed E-state index contributed by atoms with van der Waals surface area (Å²) in [5.41, 5.74) is 2.36. The Morgan fingerprint density at radius 3 is 2.39 bits per heavy atom. The van der Waals surface area contributed by atoms with E-state index in [4.69, 9.17) is 9.72 Å². The van der Waals surface area contributed by atoms with Crippen molar-refractivity contribution in [3.05, 3.63) is 66.4 Å². The molecule has 4 rings (SSSR count). The van der Waals surface area contributed by atoms with Crippen molar-refractivity contribution in [2.45, 2.75) is 19.8 Å². The van der Waals surface area contributed by atoms with E-state index >= 15 is 0 Å². The summed E-state index contributed by atoms with van der Waals surface area (Å²) in [7, 11) is 3.57. The molecule has 1 aromatic heterocycles. The highest BCUT2D eigenvalue weighted by molar-refractivity contribution is 5.99. The van der Waals surface area contributed by atoms with Crippen LogP contribution >= 0.6 is 0 Å². The number of anilines is 2. The van der Waals surface area contributed by atoms with E-state index in [-0.39, 0.29) is 5.91 Å². The number of aromatic nitrogens is 2. The Kier molecular flexibility index (Phi) is 6.16. The van der Waals surface area contributed by atoms with Gasteiger partial charge in [-0.15, -0.1) is 0 Å². The normalized spacial score (nSPS) is 14.4. The number of ether oxygens (including phenoxy) is 1. The second-order valence-corrected chi connectivity index (χ2v) is 8.03. The molecule has 2 aromatic carbocycles. The minimum atomic E-state index is -0.00837. The first-order valence-corrected chi connectivity index (χ1v) is 10.7. The van der Waals surface area contributed by atoms with Gasteiger partial charge in [-0.3, -0.25) is 4.79 Å². The van der Waals surface area contributed by atoms with Crippen LogP contribution in [0.3, 0.4) is 0 Å². The number of rotatable bonds is 5. The van der Waals surface area contributed by atoms with Gasteiger partial charge in [-0.2, -0.15) is 0 Å². The average molecular weight is 417 g/mol. The topological polar surface area (TPSA) is 58.6 Å². The Morgan fingerprint density at radius 1 is 1.06 bits per heavy atom. The van der Waals surface area contributed by atoms with Crippen LogP contribution in [-0.4, -0.2) is 48.0 Å². The molecular formula is C25H28N4O2. The fourth-order valence-electron chi connectivity index (χ4n) is 3.81. The van der Waals surface area contributed by atoms with E-state index in [9.17, 15) is 4.79 Å². The van der Waals surface area contributed by atoms with Crippen LogP contribution in [0.25, 0.3) is 11.4 Å². The lowest BCUT2D eigenvalue weighted by Gasteiger charge is -2.31. The Hall–Kier alpha value is -3.41. The quantitative estimate of drug-likeness (QED) is 0.598.